The number of rotatable bonds is 9. The Morgan fingerprint density at radius 1 is 1.04 bits per heavy atom. The highest BCUT2D eigenvalue weighted by atomic mass is 19.1. The zero-order valence-corrected chi connectivity index (χ0v) is 16.4. The lowest BCUT2D eigenvalue weighted by Crippen LogP contribution is -2.41. The number of hydrogen-bond donors (Lipinski definition) is 0. The van der Waals surface area contributed by atoms with Crippen molar-refractivity contribution < 1.29 is 9.13 Å². The third kappa shape index (κ3) is 6.15. The summed E-state index contributed by atoms with van der Waals surface area (Å²) in [6, 6.07) is 17.4. The molecule has 0 N–H and O–H groups in total. The topological polar surface area (TPSA) is 12.5 Å². The Bertz CT molecular complexity index is 658. The molecular formula is C24H32FNO. The first-order chi connectivity index (χ1) is 13.3. The molecule has 27 heavy (non-hydrogen) atoms. The normalized spacial score (nSPS) is 20.7. The van der Waals surface area contributed by atoms with Crippen molar-refractivity contribution in [2.24, 2.45) is 5.92 Å². The molecule has 2 nitrogen and oxygen atoms in total. The molecule has 0 unspecified atom stereocenters. The molecule has 1 aliphatic heterocycles. The summed E-state index contributed by atoms with van der Waals surface area (Å²) in [5.41, 5.74) is 2.46. The summed E-state index contributed by atoms with van der Waals surface area (Å²) >= 11 is 0. The molecule has 2 aromatic carbocycles. The molecule has 0 bridgehead atoms. The Balaban J connectivity index is 1.61. The van der Waals surface area contributed by atoms with Gasteiger partial charge in [0, 0.05) is 12.5 Å². The molecule has 0 aromatic heterocycles. The molecule has 1 heterocycles. The van der Waals surface area contributed by atoms with E-state index < -0.39 is 0 Å². The highest BCUT2D eigenvalue weighted by Crippen LogP contribution is 2.33. The second-order valence-corrected chi connectivity index (χ2v) is 7.72. The summed E-state index contributed by atoms with van der Waals surface area (Å²) in [6.07, 6.45) is 4.95. The van der Waals surface area contributed by atoms with Gasteiger partial charge in [0.05, 0.1) is 13.2 Å². The van der Waals surface area contributed by atoms with Gasteiger partial charge in [0.15, 0.2) is 0 Å². The van der Waals surface area contributed by atoms with Gasteiger partial charge in [-0.1, -0.05) is 62.2 Å². The molecule has 3 heteroatoms. The zero-order chi connectivity index (χ0) is 18.9. The number of hydrogen-bond acceptors (Lipinski definition) is 2. The maximum atomic E-state index is 13.3. The second-order valence-electron chi connectivity index (χ2n) is 7.72. The van der Waals surface area contributed by atoms with E-state index >= 15 is 0 Å². The Kier molecular flexibility index (Phi) is 7.85. The van der Waals surface area contributed by atoms with E-state index in [0.717, 1.165) is 26.1 Å². The zero-order valence-electron chi connectivity index (χ0n) is 16.4. The van der Waals surface area contributed by atoms with Crippen molar-refractivity contribution in [2.45, 2.75) is 45.1 Å². The number of halogens is 1. The van der Waals surface area contributed by atoms with E-state index in [9.17, 15) is 4.39 Å². The SMILES string of the molecule is CCCCCN1CC[C@@H](c2ccc(F)cc2)[C@H](COCc2ccccc2)C1. The summed E-state index contributed by atoms with van der Waals surface area (Å²) in [5.74, 6) is 0.742. The minimum absolute atomic E-state index is 0.160. The van der Waals surface area contributed by atoms with Gasteiger partial charge in [-0.2, -0.15) is 0 Å². The summed E-state index contributed by atoms with van der Waals surface area (Å²) in [4.78, 5) is 2.59. The Morgan fingerprint density at radius 2 is 1.81 bits per heavy atom. The molecule has 146 valence electrons. The van der Waals surface area contributed by atoms with Crippen molar-refractivity contribution in [3.8, 4) is 0 Å². The van der Waals surface area contributed by atoms with Crippen LogP contribution in [0.5, 0.6) is 0 Å². The fourth-order valence-electron chi connectivity index (χ4n) is 4.12. The van der Waals surface area contributed by atoms with Gasteiger partial charge in [-0.3, -0.25) is 0 Å². The van der Waals surface area contributed by atoms with Crippen LogP contribution >= 0.6 is 0 Å². The van der Waals surface area contributed by atoms with E-state index in [1.165, 1.54) is 36.9 Å². The number of likely N-dealkylation sites (tertiary alicyclic amines) is 1. The molecule has 1 aliphatic rings. The molecule has 0 radical (unpaired) electrons. The van der Waals surface area contributed by atoms with Gasteiger partial charge in [0.1, 0.15) is 5.82 Å². The highest BCUT2D eigenvalue weighted by molar-refractivity contribution is 5.22. The first-order valence-electron chi connectivity index (χ1n) is 10.4. The van der Waals surface area contributed by atoms with Crippen LogP contribution in [-0.4, -0.2) is 31.1 Å². The summed E-state index contributed by atoms with van der Waals surface area (Å²) in [6.45, 7) is 7.03. The molecule has 0 aliphatic carbocycles. The van der Waals surface area contributed by atoms with Crippen molar-refractivity contribution in [3.05, 3.63) is 71.5 Å². The van der Waals surface area contributed by atoms with Crippen LogP contribution in [0.15, 0.2) is 54.6 Å². The number of ether oxygens (including phenoxy) is 1. The lowest BCUT2D eigenvalue weighted by Gasteiger charge is -2.39. The first kappa shape index (κ1) is 20.0. The fourth-order valence-corrected chi connectivity index (χ4v) is 4.12. The number of nitrogens with zero attached hydrogens (tertiary/aromatic N) is 1. The molecule has 1 fully saturated rings. The Morgan fingerprint density at radius 3 is 2.56 bits per heavy atom. The van der Waals surface area contributed by atoms with Crippen LogP contribution in [-0.2, 0) is 11.3 Å². The Hall–Kier alpha value is -1.71. The van der Waals surface area contributed by atoms with Crippen LogP contribution in [0.4, 0.5) is 4.39 Å². The van der Waals surface area contributed by atoms with E-state index in [4.69, 9.17) is 4.74 Å². The van der Waals surface area contributed by atoms with Crippen molar-refractivity contribution in [3.63, 3.8) is 0 Å². The molecule has 2 aromatic rings. The number of piperidine rings is 1. The number of unbranched alkanes of at least 4 members (excludes halogenated alkanes) is 2. The van der Waals surface area contributed by atoms with Gasteiger partial charge in [-0.25, -0.2) is 4.39 Å². The fraction of sp³-hybridized carbons (Fsp3) is 0.500. The van der Waals surface area contributed by atoms with Gasteiger partial charge < -0.3 is 9.64 Å². The van der Waals surface area contributed by atoms with Crippen molar-refractivity contribution in [1.82, 2.24) is 4.90 Å². The summed E-state index contributed by atoms with van der Waals surface area (Å²) in [7, 11) is 0. The van der Waals surface area contributed by atoms with Gasteiger partial charge >= 0.3 is 0 Å². The smallest absolute Gasteiger partial charge is 0.123 e. The van der Waals surface area contributed by atoms with Gasteiger partial charge in [-0.15, -0.1) is 0 Å². The number of benzene rings is 2. The van der Waals surface area contributed by atoms with E-state index in [0.29, 0.717) is 18.4 Å². The lowest BCUT2D eigenvalue weighted by atomic mass is 9.80. The average Bonchev–Trinajstić information content (AvgIpc) is 2.70. The lowest BCUT2D eigenvalue weighted by molar-refractivity contribution is 0.0403. The van der Waals surface area contributed by atoms with Gasteiger partial charge in [0.25, 0.3) is 0 Å². The molecule has 3 rings (SSSR count). The minimum atomic E-state index is -0.160. The quantitative estimate of drug-likeness (QED) is 0.531. The van der Waals surface area contributed by atoms with E-state index in [-0.39, 0.29) is 5.82 Å². The third-order valence-electron chi connectivity index (χ3n) is 5.64. The minimum Gasteiger partial charge on any atom is -0.376 e. The monoisotopic (exact) mass is 369 g/mol. The van der Waals surface area contributed by atoms with Crippen LogP contribution in [0.2, 0.25) is 0 Å². The molecule has 0 spiro atoms. The third-order valence-corrected chi connectivity index (χ3v) is 5.64. The van der Waals surface area contributed by atoms with Gasteiger partial charge in [0.2, 0.25) is 0 Å². The van der Waals surface area contributed by atoms with Crippen molar-refractivity contribution in [2.75, 3.05) is 26.2 Å². The van der Waals surface area contributed by atoms with Crippen LogP contribution in [0, 0.1) is 11.7 Å². The van der Waals surface area contributed by atoms with E-state index in [1.54, 1.807) is 12.1 Å². The summed E-state index contributed by atoms with van der Waals surface area (Å²) < 4.78 is 19.5. The van der Waals surface area contributed by atoms with Crippen LogP contribution in [0.25, 0.3) is 0 Å². The molecule has 1 saturated heterocycles. The Labute approximate surface area is 163 Å². The largest absolute Gasteiger partial charge is 0.376 e. The second kappa shape index (κ2) is 10.6. The predicted octanol–water partition coefficient (Wildman–Crippen LogP) is 5.64. The standard InChI is InChI=1S/C24H32FNO/c1-2-3-7-15-26-16-14-24(21-10-12-23(25)13-11-21)22(17-26)19-27-18-20-8-5-4-6-9-20/h4-6,8-13,22,24H,2-3,7,14-19H2,1H3/t22-,24-/m0/s1. The maximum Gasteiger partial charge on any atom is 0.123 e. The first-order valence-corrected chi connectivity index (χ1v) is 10.4. The average molecular weight is 370 g/mol. The summed E-state index contributed by atoms with van der Waals surface area (Å²) in [5, 5.41) is 0. The van der Waals surface area contributed by atoms with Crippen LogP contribution in [0.3, 0.4) is 0 Å². The van der Waals surface area contributed by atoms with Crippen molar-refractivity contribution in [1.29, 1.82) is 0 Å². The molecule has 2 atom stereocenters. The molecule has 0 amide bonds. The van der Waals surface area contributed by atoms with Crippen molar-refractivity contribution >= 4 is 0 Å². The van der Waals surface area contributed by atoms with Gasteiger partial charge in [-0.05, 0) is 55.1 Å². The molecule has 0 saturated carbocycles. The maximum absolute atomic E-state index is 13.3. The predicted molar refractivity (Wildman–Crippen MR) is 109 cm³/mol. The van der Waals surface area contributed by atoms with Crippen LogP contribution < -0.4 is 0 Å². The van der Waals surface area contributed by atoms with Crippen LogP contribution in [0.1, 0.15) is 49.7 Å². The van der Waals surface area contributed by atoms with E-state index in [1.807, 2.05) is 18.2 Å². The van der Waals surface area contributed by atoms with E-state index in [2.05, 4.69) is 36.1 Å². The molecular weight excluding hydrogens is 337 g/mol. The highest BCUT2D eigenvalue weighted by Gasteiger charge is 2.30.